The summed E-state index contributed by atoms with van der Waals surface area (Å²) in [7, 11) is 0. The van der Waals surface area contributed by atoms with E-state index in [1.807, 2.05) is 12.1 Å². The number of nitrogens with one attached hydrogen (secondary N) is 2. The number of carbonyl (C=O) groups is 3. The maximum Gasteiger partial charge on any atom is 0.276 e. The number of amides is 3. The van der Waals surface area contributed by atoms with Gasteiger partial charge < -0.3 is 16.4 Å². The van der Waals surface area contributed by atoms with Crippen LogP contribution in [0, 0.1) is 6.92 Å². The molecule has 3 amide bonds. The largest absolute Gasteiger partial charge is 0.368 e. The minimum Gasteiger partial charge on any atom is -0.368 e. The number of nitrogens with two attached hydrogens (primary N) is 1. The second-order valence-electron chi connectivity index (χ2n) is 7.90. The zero-order valence-corrected chi connectivity index (χ0v) is 21.5. The smallest absolute Gasteiger partial charge is 0.276 e. The number of carbonyl (C=O) groups excluding carboxylic acids is 3. The van der Waals surface area contributed by atoms with E-state index in [0.29, 0.717) is 32.0 Å². The number of benzene rings is 2. The molecule has 0 unspecified atom stereocenters. The third-order valence-corrected chi connectivity index (χ3v) is 6.06. The standard InChI is InChI=1S/C25H19Cl3N6O3/c1-13-22(25(37)32-18-8-15(10-30-11-18)24(36)31-12-21(29)35)33-34(20-7-6-17(27)9-19(20)28)23(13)14-2-4-16(26)5-3-14/h2-11H,12H2,1H3,(H2,29,35)(H,31,36)(H,32,37). The van der Waals surface area contributed by atoms with Gasteiger partial charge >= 0.3 is 0 Å². The average molecular weight is 558 g/mol. The first-order valence-electron chi connectivity index (χ1n) is 10.8. The predicted octanol–water partition coefficient (Wildman–Crippen LogP) is 4.67. The molecule has 0 aliphatic heterocycles. The highest BCUT2D eigenvalue weighted by atomic mass is 35.5. The summed E-state index contributed by atoms with van der Waals surface area (Å²) in [4.78, 5) is 40.5. The van der Waals surface area contributed by atoms with E-state index in [1.54, 1.807) is 41.9 Å². The first-order valence-corrected chi connectivity index (χ1v) is 11.9. The van der Waals surface area contributed by atoms with Crippen LogP contribution in [0.1, 0.15) is 26.4 Å². The Morgan fingerprint density at radius 1 is 0.946 bits per heavy atom. The topological polar surface area (TPSA) is 132 Å². The number of halogens is 3. The second kappa shape index (κ2) is 11.0. The predicted molar refractivity (Wildman–Crippen MR) is 142 cm³/mol. The molecule has 0 aliphatic rings. The van der Waals surface area contributed by atoms with Gasteiger partial charge in [-0.25, -0.2) is 4.68 Å². The molecule has 4 rings (SSSR count). The second-order valence-corrected chi connectivity index (χ2v) is 9.18. The van der Waals surface area contributed by atoms with Gasteiger partial charge in [-0.05, 0) is 43.3 Å². The minimum atomic E-state index is -0.686. The van der Waals surface area contributed by atoms with Crippen molar-refractivity contribution in [3.05, 3.63) is 92.8 Å². The molecule has 0 radical (unpaired) electrons. The van der Waals surface area contributed by atoms with Crippen molar-refractivity contribution in [2.24, 2.45) is 5.73 Å². The van der Waals surface area contributed by atoms with Crippen LogP contribution in [0.25, 0.3) is 16.9 Å². The van der Waals surface area contributed by atoms with Crippen molar-refractivity contribution in [1.29, 1.82) is 0 Å². The van der Waals surface area contributed by atoms with E-state index in [0.717, 1.165) is 5.56 Å². The van der Waals surface area contributed by atoms with E-state index < -0.39 is 17.7 Å². The summed E-state index contributed by atoms with van der Waals surface area (Å²) in [5, 5.41) is 11.0. The van der Waals surface area contributed by atoms with Crippen LogP contribution in [-0.2, 0) is 4.79 Å². The number of primary amides is 1. The fourth-order valence-electron chi connectivity index (χ4n) is 3.58. The van der Waals surface area contributed by atoms with Gasteiger partial charge in [-0.2, -0.15) is 5.10 Å². The molecule has 0 fully saturated rings. The molecule has 2 aromatic heterocycles. The summed E-state index contributed by atoms with van der Waals surface area (Å²) in [5.41, 5.74) is 8.06. The molecular formula is C25H19Cl3N6O3. The molecule has 9 nitrogen and oxygen atoms in total. The fraction of sp³-hybridized carbons (Fsp3) is 0.0800. The van der Waals surface area contributed by atoms with E-state index in [-0.39, 0.29) is 23.5 Å². The number of rotatable bonds is 7. The highest BCUT2D eigenvalue weighted by molar-refractivity contribution is 6.35. The summed E-state index contributed by atoms with van der Waals surface area (Å²) in [6.07, 6.45) is 2.68. The molecule has 12 heteroatoms. The molecular weight excluding hydrogens is 539 g/mol. The average Bonchev–Trinajstić information content (AvgIpc) is 3.20. The number of aromatic nitrogens is 3. The van der Waals surface area contributed by atoms with Gasteiger partial charge in [0.15, 0.2) is 5.69 Å². The van der Waals surface area contributed by atoms with Crippen LogP contribution in [0.3, 0.4) is 0 Å². The van der Waals surface area contributed by atoms with Gasteiger partial charge in [0.25, 0.3) is 11.8 Å². The van der Waals surface area contributed by atoms with Crippen molar-refractivity contribution in [3.8, 4) is 16.9 Å². The molecule has 2 aromatic carbocycles. The number of anilines is 1. The normalized spacial score (nSPS) is 10.7. The molecule has 37 heavy (non-hydrogen) atoms. The lowest BCUT2D eigenvalue weighted by molar-refractivity contribution is -0.117. The summed E-state index contributed by atoms with van der Waals surface area (Å²) < 4.78 is 1.57. The molecule has 0 saturated carbocycles. The summed E-state index contributed by atoms with van der Waals surface area (Å²) in [5.74, 6) is -1.78. The zero-order chi connectivity index (χ0) is 26.7. The lowest BCUT2D eigenvalue weighted by atomic mass is 10.1. The summed E-state index contributed by atoms with van der Waals surface area (Å²) in [6, 6.07) is 13.5. The van der Waals surface area contributed by atoms with Gasteiger partial charge in [-0.3, -0.25) is 19.4 Å². The molecule has 188 valence electrons. The van der Waals surface area contributed by atoms with E-state index >= 15 is 0 Å². The third-order valence-electron chi connectivity index (χ3n) is 5.27. The Bertz CT molecular complexity index is 1520. The monoisotopic (exact) mass is 556 g/mol. The van der Waals surface area contributed by atoms with Crippen LogP contribution in [0.5, 0.6) is 0 Å². The van der Waals surface area contributed by atoms with Crippen molar-refractivity contribution in [2.75, 3.05) is 11.9 Å². The maximum absolute atomic E-state index is 13.3. The number of hydrogen-bond acceptors (Lipinski definition) is 5. The Kier molecular flexibility index (Phi) is 7.77. The van der Waals surface area contributed by atoms with Crippen LogP contribution < -0.4 is 16.4 Å². The van der Waals surface area contributed by atoms with Crippen LogP contribution in [0.15, 0.2) is 60.9 Å². The van der Waals surface area contributed by atoms with Gasteiger partial charge in [0.05, 0.1) is 40.4 Å². The highest BCUT2D eigenvalue weighted by Crippen LogP contribution is 2.33. The van der Waals surface area contributed by atoms with Gasteiger partial charge in [-0.1, -0.05) is 46.9 Å². The maximum atomic E-state index is 13.3. The molecule has 4 aromatic rings. The molecule has 0 saturated heterocycles. The van der Waals surface area contributed by atoms with Gasteiger partial charge in [0.2, 0.25) is 5.91 Å². The molecule has 4 N–H and O–H groups in total. The Morgan fingerprint density at radius 3 is 2.32 bits per heavy atom. The molecule has 0 spiro atoms. The lowest BCUT2D eigenvalue weighted by Crippen LogP contribution is -2.33. The molecule has 0 bridgehead atoms. The first kappa shape index (κ1) is 26.2. The lowest BCUT2D eigenvalue weighted by Gasteiger charge is -2.11. The van der Waals surface area contributed by atoms with Gasteiger partial charge in [0.1, 0.15) is 0 Å². The van der Waals surface area contributed by atoms with E-state index in [1.165, 1.54) is 18.5 Å². The van der Waals surface area contributed by atoms with Crippen LogP contribution in [-0.4, -0.2) is 39.0 Å². The van der Waals surface area contributed by atoms with Crippen LogP contribution in [0.2, 0.25) is 15.1 Å². The van der Waals surface area contributed by atoms with Crippen molar-refractivity contribution in [1.82, 2.24) is 20.1 Å². The fourth-order valence-corrected chi connectivity index (χ4v) is 4.19. The summed E-state index contributed by atoms with van der Waals surface area (Å²) in [6.45, 7) is 1.44. The number of nitrogens with zero attached hydrogens (tertiary/aromatic N) is 3. The van der Waals surface area contributed by atoms with E-state index in [9.17, 15) is 14.4 Å². The Morgan fingerprint density at radius 2 is 1.65 bits per heavy atom. The van der Waals surface area contributed by atoms with Gasteiger partial charge in [0, 0.05) is 27.4 Å². The minimum absolute atomic E-state index is 0.125. The third kappa shape index (κ3) is 5.91. The molecule has 2 heterocycles. The van der Waals surface area contributed by atoms with E-state index in [2.05, 4.69) is 20.7 Å². The molecule has 0 atom stereocenters. The van der Waals surface area contributed by atoms with Crippen LogP contribution >= 0.6 is 34.8 Å². The van der Waals surface area contributed by atoms with Crippen molar-refractivity contribution >= 4 is 58.2 Å². The van der Waals surface area contributed by atoms with Crippen molar-refractivity contribution < 1.29 is 14.4 Å². The van der Waals surface area contributed by atoms with Crippen LogP contribution in [0.4, 0.5) is 5.69 Å². The number of pyridine rings is 1. The van der Waals surface area contributed by atoms with E-state index in [4.69, 9.17) is 40.5 Å². The van der Waals surface area contributed by atoms with Crippen molar-refractivity contribution in [2.45, 2.75) is 6.92 Å². The zero-order valence-electron chi connectivity index (χ0n) is 19.3. The SMILES string of the molecule is Cc1c(C(=O)Nc2cncc(C(=O)NCC(N)=O)c2)nn(-c2ccc(Cl)cc2Cl)c1-c1ccc(Cl)cc1. The Labute approximate surface area is 226 Å². The Balaban J connectivity index is 1.72. The molecule has 0 aliphatic carbocycles. The Hall–Kier alpha value is -3.92. The van der Waals surface area contributed by atoms with Gasteiger partial charge in [-0.15, -0.1) is 0 Å². The first-order chi connectivity index (χ1) is 17.6. The number of hydrogen-bond donors (Lipinski definition) is 3. The summed E-state index contributed by atoms with van der Waals surface area (Å²) >= 11 is 18.6. The quantitative estimate of drug-likeness (QED) is 0.304. The van der Waals surface area contributed by atoms with Crippen molar-refractivity contribution in [3.63, 3.8) is 0 Å². The highest BCUT2D eigenvalue weighted by Gasteiger charge is 2.24.